The first-order valence-electron chi connectivity index (χ1n) is 24.4. The number of benzene rings is 4. The number of hydrogen-bond donors (Lipinski definition) is 0. The van der Waals surface area contributed by atoms with Gasteiger partial charge in [0.05, 0.1) is 13.2 Å². The second kappa shape index (κ2) is 20.0. The number of thioether (sulfide) groups is 2. The van der Waals surface area contributed by atoms with Gasteiger partial charge in [0.15, 0.2) is 0 Å². The lowest BCUT2D eigenvalue weighted by molar-refractivity contribution is 0.188. The van der Waals surface area contributed by atoms with Crippen LogP contribution in [0, 0.1) is 0 Å². The first kappa shape index (κ1) is 42.9. The highest BCUT2D eigenvalue weighted by Crippen LogP contribution is 2.48. The molecule has 4 aromatic carbocycles. The van der Waals surface area contributed by atoms with Crippen molar-refractivity contribution in [3.63, 3.8) is 0 Å². The minimum Gasteiger partial charge on any atom is -0.494 e. The molecule has 0 N–H and O–H groups in total. The Morgan fingerprint density at radius 1 is 0.500 bits per heavy atom. The van der Waals surface area contributed by atoms with Gasteiger partial charge in [-0.1, -0.05) is 42.8 Å². The van der Waals surface area contributed by atoms with Crippen molar-refractivity contribution in [1.29, 1.82) is 0 Å². The maximum absolute atomic E-state index is 6.56. The fourth-order valence-corrected chi connectivity index (χ4v) is 13.4. The predicted octanol–water partition coefficient (Wildman–Crippen LogP) is 11.6. The van der Waals surface area contributed by atoms with E-state index >= 15 is 0 Å². The van der Waals surface area contributed by atoms with E-state index in [0.717, 1.165) is 70.3 Å². The second-order valence-corrected chi connectivity index (χ2v) is 20.9. The molecule has 6 heterocycles. The van der Waals surface area contributed by atoms with Gasteiger partial charge < -0.3 is 19.3 Å². The highest BCUT2D eigenvalue weighted by Gasteiger charge is 2.38. The molecule has 62 heavy (non-hydrogen) atoms. The van der Waals surface area contributed by atoms with Gasteiger partial charge in [-0.05, 0) is 197 Å². The lowest BCUT2D eigenvalue weighted by atomic mass is 9.80. The average molecular weight is 871 g/mol. The number of hydrogen-bond acceptors (Lipinski definition) is 8. The quantitative estimate of drug-likeness (QED) is 0.0863. The molecular weight excluding hydrogens is 801 g/mol. The molecule has 8 heteroatoms. The van der Waals surface area contributed by atoms with Crippen molar-refractivity contribution in [2.45, 2.75) is 110 Å². The van der Waals surface area contributed by atoms with Gasteiger partial charge in [-0.2, -0.15) is 0 Å². The van der Waals surface area contributed by atoms with Crippen LogP contribution in [0.25, 0.3) is 0 Å². The van der Waals surface area contributed by atoms with Crippen molar-refractivity contribution in [3.05, 3.63) is 118 Å². The zero-order chi connectivity index (χ0) is 41.8. The van der Waals surface area contributed by atoms with Crippen molar-refractivity contribution >= 4 is 23.5 Å². The Kier molecular flexibility index (Phi) is 13.9. The highest BCUT2D eigenvalue weighted by atomic mass is 32.2. The summed E-state index contributed by atoms with van der Waals surface area (Å²) < 4.78 is 13.0. The molecule has 4 aromatic rings. The Morgan fingerprint density at radius 2 is 1.08 bits per heavy atom. The van der Waals surface area contributed by atoms with E-state index in [-0.39, 0.29) is 0 Å². The van der Waals surface area contributed by atoms with Gasteiger partial charge in [0, 0.05) is 66.4 Å². The summed E-state index contributed by atoms with van der Waals surface area (Å²) in [5.41, 5.74) is 10.6. The Hall–Kier alpha value is -2.98. The van der Waals surface area contributed by atoms with Gasteiger partial charge in [0.1, 0.15) is 11.5 Å². The van der Waals surface area contributed by atoms with Crippen molar-refractivity contribution in [3.8, 4) is 11.5 Å². The minimum atomic E-state index is 0.400. The van der Waals surface area contributed by atoms with Crippen LogP contribution in [0.5, 0.6) is 11.5 Å². The number of ether oxygens (including phenoxy) is 2. The fourth-order valence-electron chi connectivity index (χ4n) is 12.3. The molecule has 0 bridgehead atoms. The van der Waals surface area contributed by atoms with Gasteiger partial charge in [-0.3, -0.25) is 9.80 Å². The van der Waals surface area contributed by atoms with E-state index in [4.69, 9.17) is 9.47 Å². The van der Waals surface area contributed by atoms with E-state index in [1.54, 1.807) is 5.56 Å². The van der Waals surface area contributed by atoms with Crippen molar-refractivity contribution < 1.29 is 9.47 Å². The smallest absolute Gasteiger partial charge is 0.119 e. The summed E-state index contributed by atoms with van der Waals surface area (Å²) in [5.74, 6) is 3.50. The van der Waals surface area contributed by atoms with E-state index in [1.807, 2.05) is 23.5 Å². The molecule has 0 spiro atoms. The lowest BCUT2D eigenvalue weighted by Gasteiger charge is -2.38. The topological polar surface area (TPSA) is 31.4 Å². The van der Waals surface area contributed by atoms with E-state index in [2.05, 4.69) is 111 Å². The molecule has 0 aliphatic carbocycles. The molecule has 0 aromatic heterocycles. The molecule has 4 saturated heterocycles. The maximum Gasteiger partial charge on any atom is 0.119 e. The molecule has 330 valence electrons. The van der Waals surface area contributed by atoms with E-state index in [0.29, 0.717) is 29.8 Å². The van der Waals surface area contributed by atoms with Crippen LogP contribution in [-0.2, 0) is 0 Å². The number of fused-ring (bicyclic) bond motifs is 6. The van der Waals surface area contributed by atoms with Crippen LogP contribution in [0.4, 0.5) is 0 Å². The van der Waals surface area contributed by atoms with Crippen LogP contribution in [0.1, 0.15) is 139 Å². The third-order valence-corrected chi connectivity index (χ3v) is 17.0. The van der Waals surface area contributed by atoms with Crippen LogP contribution < -0.4 is 9.47 Å². The Morgan fingerprint density at radius 3 is 1.71 bits per heavy atom. The molecule has 4 fully saturated rings. The van der Waals surface area contributed by atoms with Gasteiger partial charge >= 0.3 is 0 Å². The van der Waals surface area contributed by atoms with Crippen molar-refractivity contribution in [2.75, 3.05) is 91.2 Å². The van der Waals surface area contributed by atoms with Crippen molar-refractivity contribution in [1.82, 2.24) is 19.6 Å². The summed E-state index contributed by atoms with van der Waals surface area (Å²) >= 11 is 3.75. The third-order valence-electron chi connectivity index (χ3n) is 15.5. The van der Waals surface area contributed by atoms with Gasteiger partial charge in [-0.15, -0.1) is 23.5 Å². The SMILES string of the molecule is CSc1ccc([C@@H]2CN3CCC[C@H]3c3cc(OCCCN4CCCC(c5cc([C@H]6CN7CCC[C@H]7c7cc(OCCCN8CCCCC8)ccc76)ccc5SC)C4)ccc32)cc1. The van der Waals surface area contributed by atoms with Crippen LogP contribution in [0.3, 0.4) is 0 Å². The summed E-state index contributed by atoms with van der Waals surface area (Å²) in [6.07, 6.45) is 18.3. The predicted molar refractivity (Wildman–Crippen MR) is 259 cm³/mol. The largest absolute Gasteiger partial charge is 0.494 e. The second-order valence-electron chi connectivity index (χ2n) is 19.2. The molecular formula is C54H70N4O2S2. The summed E-state index contributed by atoms with van der Waals surface area (Å²) in [7, 11) is 0. The number of piperidine rings is 2. The molecule has 0 radical (unpaired) electrons. The lowest BCUT2D eigenvalue weighted by Crippen LogP contribution is -2.36. The zero-order valence-electron chi connectivity index (χ0n) is 37.6. The van der Waals surface area contributed by atoms with Crippen LogP contribution in [0.15, 0.2) is 88.7 Å². The standard InChI is InChI=1S/C54H70N4O2S2/c1-61-44-19-14-39(15-20-44)50-37-57-29-7-12-52(57)48-34-42(17-21-45(48)50)60-32-10-28-56-26-6-11-41(36-56)47-33-40(16-23-54(47)62-2)51-38-58-30-8-13-53(58)49-35-43(18-22-46(49)51)59-31-9-27-55-24-4-3-5-25-55/h14-23,33-35,41,50-53H,3-13,24-32,36-38H2,1-2H3/t41?,50-,51+,52-,53-/m0/s1. The monoisotopic (exact) mass is 870 g/mol. The molecule has 1 unspecified atom stereocenters. The minimum absolute atomic E-state index is 0.400. The highest BCUT2D eigenvalue weighted by molar-refractivity contribution is 7.98. The van der Waals surface area contributed by atoms with Gasteiger partial charge in [0.2, 0.25) is 0 Å². The molecule has 6 nitrogen and oxygen atoms in total. The molecule has 0 amide bonds. The zero-order valence-corrected chi connectivity index (χ0v) is 39.2. The van der Waals surface area contributed by atoms with E-state index < -0.39 is 0 Å². The summed E-state index contributed by atoms with van der Waals surface area (Å²) in [5, 5.41) is 0. The fraction of sp³-hybridized carbons (Fsp3) is 0.556. The van der Waals surface area contributed by atoms with E-state index in [9.17, 15) is 0 Å². The number of likely N-dealkylation sites (tertiary alicyclic amines) is 2. The van der Waals surface area contributed by atoms with E-state index in [1.165, 1.54) is 134 Å². The Bertz CT molecular complexity index is 2120. The van der Waals surface area contributed by atoms with Gasteiger partial charge in [0.25, 0.3) is 0 Å². The Labute approximate surface area is 381 Å². The summed E-state index contributed by atoms with van der Waals surface area (Å²) in [4.78, 5) is 13.6. The number of rotatable bonds is 15. The maximum atomic E-state index is 6.56. The molecule has 5 atom stereocenters. The first-order chi connectivity index (χ1) is 30.6. The van der Waals surface area contributed by atoms with Gasteiger partial charge in [-0.25, -0.2) is 0 Å². The first-order valence-corrected chi connectivity index (χ1v) is 26.8. The van der Waals surface area contributed by atoms with Crippen molar-refractivity contribution in [2.24, 2.45) is 0 Å². The normalized spacial score (nSPS) is 25.5. The van der Waals surface area contributed by atoms with Crippen LogP contribution in [-0.4, -0.2) is 111 Å². The third kappa shape index (κ3) is 9.39. The molecule has 6 aliphatic heterocycles. The molecule has 6 aliphatic rings. The Balaban J connectivity index is 0.777. The van der Waals surface area contributed by atoms with Crippen LogP contribution in [0.2, 0.25) is 0 Å². The molecule has 10 rings (SSSR count). The summed E-state index contributed by atoms with van der Waals surface area (Å²) in [6.45, 7) is 13.3. The van der Waals surface area contributed by atoms with Crippen LogP contribution >= 0.6 is 23.5 Å². The summed E-state index contributed by atoms with van der Waals surface area (Å²) in [6, 6.07) is 32.0. The number of nitrogens with zero attached hydrogens (tertiary/aromatic N) is 4. The average Bonchev–Trinajstić information content (AvgIpc) is 4.02. The molecule has 0 saturated carbocycles.